The number of anilines is 1. The van der Waals surface area contributed by atoms with E-state index in [2.05, 4.69) is 45.8 Å². The lowest BCUT2D eigenvalue weighted by Gasteiger charge is -2.31. The van der Waals surface area contributed by atoms with Gasteiger partial charge in [0.05, 0.1) is 17.1 Å². The monoisotopic (exact) mass is 467 g/mol. The van der Waals surface area contributed by atoms with Crippen LogP contribution in [0.25, 0.3) is 10.9 Å². The summed E-state index contributed by atoms with van der Waals surface area (Å²) in [4.78, 5) is 15.6. The molecule has 0 aliphatic carbocycles. The molecule has 128 valence electrons. The van der Waals surface area contributed by atoms with Crippen LogP contribution in [0.4, 0.5) is 5.95 Å². The zero-order valence-corrected chi connectivity index (χ0v) is 16.2. The number of pyridine rings is 1. The minimum atomic E-state index is 0.389. The van der Waals surface area contributed by atoms with E-state index < -0.39 is 0 Å². The van der Waals surface area contributed by atoms with Gasteiger partial charge < -0.3 is 9.64 Å². The molecule has 2 aromatic heterocycles. The number of piperazine rings is 1. The van der Waals surface area contributed by atoms with Crippen molar-refractivity contribution in [3.8, 4) is 11.6 Å². The number of rotatable bonds is 3. The quantitative estimate of drug-likeness (QED) is 0.330. The molecule has 1 aliphatic rings. The number of fused-ring (bicyclic) bond motifs is 1. The Kier molecular flexibility index (Phi) is 4.87. The standard InChI is InChI=1S/C17H15ClIN5O/c18-15-10-13-14(11-20-15)21-17(23-6-8-24(19)9-7-23)22-16(13)25-12-4-2-1-3-5-12/h1-5,10-11H,6-9H2. The van der Waals surface area contributed by atoms with E-state index in [1.54, 1.807) is 12.3 Å². The van der Waals surface area contributed by atoms with E-state index in [0.717, 1.165) is 42.8 Å². The van der Waals surface area contributed by atoms with E-state index in [1.807, 2.05) is 30.3 Å². The number of ether oxygens (including phenoxy) is 1. The molecule has 0 atom stereocenters. The minimum absolute atomic E-state index is 0.389. The Morgan fingerprint density at radius 3 is 2.56 bits per heavy atom. The van der Waals surface area contributed by atoms with Crippen molar-refractivity contribution in [2.24, 2.45) is 0 Å². The van der Waals surface area contributed by atoms with Crippen molar-refractivity contribution < 1.29 is 4.74 Å². The number of halogens is 2. The molecule has 3 heterocycles. The van der Waals surface area contributed by atoms with Crippen LogP contribution in [0.1, 0.15) is 0 Å². The number of aromatic nitrogens is 3. The lowest BCUT2D eigenvalue weighted by atomic mass is 10.3. The molecule has 25 heavy (non-hydrogen) atoms. The first-order valence-electron chi connectivity index (χ1n) is 7.91. The molecule has 1 aliphatic heterocycles. The summed E-state index contributed by atoms with van der Waals surface area (Å²) >= 11 is 8.40. The average Bonchev–Trinajstić information content (AvgIpc) is 2.63. The van der Waals surface area contributed by atoms with Crippen LogP contribution >= 0.6 is 34.5 Å². The summed E-state index contributed by atoms with van der Waals surface area (Å²) in [6.07, 6.45) is 1.66. The molecule has 0 spiro atoms. The molecule has 1 aromatic carbocycles. The fraction of sp³-hybridized carbons (Fsp3) is 0.235. The van der Waals surface area contributed by atoms with Crippen LogP contribution < -0.4 is 9.64 Å². The predicted octanol–water partition coefficient (Wildman–Crippen LogP) is 3.94. The van der Waals surface area contributed by atoms with E-state index >= 15 is 0 Å². The van der Waals surface area contributed by atoms with Gasteiger partial charge in [-0.05, 0) is 18.2 Å². The molecule has 1 fully saturated rings. The molecular formula is C17H15ClIN5O. The van der Waals surface area contributed by atoms with Crippen molar-refractivity contribution in [3.05, 3.63) is 47.7 Å². The Balaban J connectivity index is 1.76. The molecule has 0 unspecified atom stereocenters. The summed E-state index contributed by atoms with van der Waals surface area (Å²) in [5.41, 5.74) is 0.720. The van der Waals surface area contributed by atoms with Crippen molar-refractivity contribution in [1.29, 1.82) is 0 Å². The normalized spacial score (nSPS) is 15.5. The molecular weight excluding hydrogens is 453 g/mol. The Morgan fingerprint density at radius 1 is 1.04 bits per heavy atom. The second kappa shape index (κ2) is 7.27. The molecule has 4 rings (SSSR count). The summed E-state index contributed by atoms with van der Waals surface area (Å²) in [6.45, 7) is 3.69. The van der Waals surface area contributed by atoms with Gasteiger partial charge in [-0.25, -0.2) is 13.1 Å². The smallest absolute Gasteiger partial charge is 0.232 e. The highest BCUT2D eigenvalue weighted by molar-refractivity contribution is 14.1. The predicted molar refractivity (Wildman–Crippen MR) is 107 cm³/mol. The topological polar surface area (TPSA) is 54.4 Å². The Bertz CT molecular complexity index is 887. The lowest BCUT2D eigenvalue weighted by molar-refractivity contribution is 0.447. The van der Waals surface area contributed by atoms with Crippen LogP contribution in [-0.2, 0) is 0 Å². The molecule has 0 N–H and O–H groups in total. The van der Waals surface area contributed by atoms with Crippen LogP contribution in [0.3, 0.4) is 0 Å². The van der Waals surface area contributed by atoms with E-state index in [1.165, 1.54) is 0 Å². The fourth-order valence-electron chi connectivity index (χ4n) is 2.67. The maximum absolute atomic E-state index is 6.06. The minimum Gasteiger partial charge on any atom is -0.438 e. The second-order valence-corrected chi connectivity index (χ2v) is 7.42. The van der Waals surface area contributed by atoms with Gasteiger partial charge in [0, 0.05) is 49.0 Å². The Hall–Kier alpha value is -1.71. The van der Waals surface area contributed by atoms with Gasteiger partial charge >= 0.3 is 0 Å². The van der Waals surface area contributed by atoms with Gasteiger partial charge in [0.15, 0.2) is 0 Å². The molecule has 0 amide bonds. The highest BCUT2D eigenvalue weighted by Gasteiger charge is 2.20. The number of hydrogen-bond acceptors (Lipinski definition) is 6. The average molecular weight is 468 g/mol. The fourth-order valence-corrected chi connectivity index (χ4v) is 3.26. The number of nitrogens with zero attached hydrogens (tertiary/aromatic N) is 5. The summed E-state index contributed by atoms with van der Waals surface area (Å²) in [7, 11) is 0. The van der Waals surface area contributed by atoms with Gasteiger partial charge in [0.1, 0.15) is 10.9 Å². The van der Waals surface area contributed by atoms with Gasteiger partial charge in [0.2, 0.25) is 11.8 Å². The zero-order chi connectivity index (χ0) is 17.2. The van der Waals surface area contributed by atoms with Gasteiger partial charge in [0.25, 0.3) is 0 Å². The maximum Gasteiger partial charge on any atom is 0.232 e. The summed E-state index contributed by atoms with van der Waals surface area (Å²) in [5.74, 6) is 1.87. The third-order valence-corrected chi connectivity index (χ3v) is 5.14. The van der Waals surface area contributed by atoms with Gasteiger partial charge in [-0.15, -0.1) is 0 Å². The van der Waals surface area contributed by atoms with E-state index in [0.29, 0.717) is 17.0 Å². The van der Waals surface area contributed by atoms with Crippen LogP contribution in [0.15, 0.2) is 42.6 Å². The second-order valence-electron chi connectivity index (χ2n) is 5.66. The van der Waals surface area contributed by atoms with Gasteiger partial charge in [-0.3, -0.25) is 0 Å². The van der Waals surface area contributed by atoms with Crippen LogP contribution in [0.5, 0.6) is 11.6 Å². The Labute approximate surface area is 164 Å². The first-order valence-corrected chi connectivity index (χ1v) is 9.25. The number of hydrogen-bond donors (Lipinski definition) is 0. The highest BCUT2D eigenvalue weighted by Crippen LogP contribution is 2.30. The third kappa shape index (κ3) is 3.78. The van der Waals surface area contributed by atoms with E-state index in [9.17, 15) is 0 Å². The zero-order valence-electron chi connectivity index (χ0n) is 13.3. The summed E-state index contributed by atoms with van der Waals surface area (Å²) in [6, 6.07) is 11.3. The molecule has 0 radical (unpaired) electrons. The van der Waals surface area contributed by atoms with Crippen LogP contribution in [0.2, 0.25) is 5.15 Å². The summed E-state index contributed by atoms with van der Waals surface area (Å²) < 4.78 is 8.29. The van der Waals surface area contributed by atoms with E-state index in [-0.39, 0.29) is 0 Å². The molecule has 3 aromatic rings. The molecule has 6 nitrogen and oxygen atoms in total. The SMILES string of the molecule is Clc1cc2c(Oc3ccccc3)nc(N3CCN(I)CC3)nc2cn1. The van der Waals surface area contributed by atoms with Crippen molar-refractivity contribution in [1.82, 2.24) is 18.1 Å². The largest absolute Gasteiger partial charge is 0.438 e. The van der Waals surface area contributed by atoms with Crippen molar-refractivity contribution in [2.45, 2.75) is 0 Å². The van der Waals surface area contributed by atoms with Crippen LogP contribution in [-0.4, -0.2) is 44.2 Å². The Morgan fingerprint density at radius 2 is 1.80 bits per heavy atom. The van der Waals surface area contributed by atoms with Crippen molar-refractivity contribution in [2.75, 3.05) is 31.1 Å². The first kappa shape index (κ1) is 16.7. The summed E-state index contributed by atoms with van der Waals surface area (Å²) in [5, 5.41) is 1.14. The molecule has 0 saturated carbocycles. The van der Waals surface area contributed by atoms with Crippen molar-refractivity contribution in [3.63, 3.8) is 0 Å². The molecule has 1 saturated heterocycles. The third-order valence-electron chi connectivity index (χ3n) is 3.97. The maximum atomic E-state index is 6.06. The lowest BCUT2D eigenvalue weighted by Crippen LogP contribution is -2.42. The van der Waals surface area contributed by atoms with E-state index in [4.69, 9.17) is 16.3 Å². The highest BCUT2D eigenvalue weighted by atomic mass is 127. The van der Waals surface area contributed by atoms with Crippen molar-refractivity contribution >= 4 is 51.3 Å². The van der Waals surface area contributed by atoms with Crippen LogP contribution in [0, 0.1) is 0 Å². The number of para-hydroxylation sites is 1. The number of benzene rings is 1. The van der Waals surface area contributed by atoms with Gasteiger partial charge in [-0.2, -0.15) is 4.98 Å². The molecule has 8 heteroatoms. The first-order chi connectivity index (χ1) is 12.2. The van der Waals surface area contributed by atoms with Gasteiger partial charge in [-0.1, -0.05) is 29.8 Å². The molecule has 0 bridgehead atoms.